The molecule has 2 aliphatic rings. The highest BCUT2D eigenvalue weighted by molar-refractivity contribution is 8.14. The minimum absolute atomic E-state index is 0.130. The molecule has 15 heteroatoms. The SMILES string of the molecule is CC(=O)OC[C@H]1O[C@@H](SC2=N/C(=C\c3cccs3)C(=O)N2c2ccc(Cl)cc2)[C@H](OC(C)=O)[C@@H](OC(C)=O)[C@@H]1OC(C)=O. The first-order valence-corrected chi connectivity index (χ1v) is 15.0. The van der Waals surface area contributed by atoms with Crippen molar-refractivity contribution in [3.8, 4) is 0 Å². The van der Waals surface area contributed by atoms with Crippen molar-refractivity contribution in [3.63, 3.8) is 0 Å². The molecule has 1 aromatic carbocycles. The standard InChI is InChI=1S/C28H27ClN2O10S2/c1-14(32)37-13-22-23(38-15(2)33)24(39-16(3)34)25(40-17(4)35)27(41-22)43-28-30-21(12-20-6-5-11-42-20)26(36)31(28)19-9-7-18(29)8-10-19/h5-12,22-25,27H,13H2,1-4H3/b21-12-/t22-,23-,24+,25-,27+/m1/s1. The lowest BCUT2D eigenvalue weighted by atomic mass is 9.99. The summed E-state index contributed by atoms with van der Waals surface area (Å²) in [6.07, 6.45) is -3.52. The second-order valence-electron chi connectivity index (χ2n) is 9.24. The summed E-state index contributed by atoms with van der Waals surface area (Å²) in [5.74, 6) is -3.32. The summed E-state index contributed by atoms with van der Waals surface area (Å²) in [4.78, 5) is 68.4. The second kappa shape index (κ2) is 14.2. The van der Waals surface area contributed by atoms with Crippen molar-refractivity contribution in [3.05, 3.63) is 57.4 Å². The van der Waals surface area contributed by atoms with Crippen LogP contribution in [0.15, 0.2) is 52.5 Å². The smallest absolute Gasteiger partial charge is 0.303 e. The summed E-state index contributed by atoms with van der Waals surface area (Å²) in [7, 11) is 0. The first kappa shape index (κ1) is 32.2. The highest BCUT2D eigenvalue weighted by Crippen LogP contribution is 2.39. The highest BCUT2D eigenvalue weighted by atomic mass is 35.5. The molecular formula is C28H27ClN2O10S2. The third kappa shape index (κ3) is 8.22. The first-order chi connectivity index (χ1) is 20.4. The van der Waals surface area contributed by atoms with Gasteiger partial charge in [0, 0.05) is 37.6 Å². The maximum atomic E-state index is 13.6. The second-order valence-corrected chi connectivity index (χ2v) is 11.7. The van der Waals surface area contributed by atoms with Gasteiger partial charge in [0.05, 0.1) is 5.69 Å². The number of rotatable bonds is 8. The Morgan fingerprint density at radius 3 is 2.16 bits per heavy atom. The van der Waals surface area contributed by atoms with Gasteiger partial charge in [-0.2, -0.15) is 0 Å². The summed E-state index contributed by atoms with van der Waals surface area (Å²) >= 11 is 8.41. The van der Waals surface area contributed by atoms with Crippen molar-refractivity contribution in [2.24, 2.45) is 4.99 Å². The predicted molar refractivity (Wildman–Crippen MR) is 158 cm³/mol. The van der Waals surface area contributed by atoms with E-state index in [4.69, 9.17) is 35.3 Å². The lowest BCUT2D eigenvalue weighted by Gasteiger charge is -2.44. The van der Waals surface area contributed by atoms with Crippen LogP contribution in [0.25, 0.3) is 6.08 Å². The van der Waals surface area contributed by atoms with E-state index in [0.717, 1.165) is 37.4 Å². The van der Waals surface area contributed by atoms with Crippen LogP contribution in [0.5, 0.6) is 0 Å². The fourth-order valence-corrected chi connectivity index (χ4v) is 6.26. The molecule has 2 aliphatic heterocycles. The predicted octanol–water partition coefficient (Wildman–Crippen LogP) is 3.96. The fraction of sp³-hybridized carbons (Fsp3) is 0.357. The van der Waals surface area contributed by atoms with Crippen molar-refractivity contribution in [1.82, 2.24) is 0 Å². The molecule has 0 spiro atoms. The minimum Gasteiger partial charge on any atom is -0.463 e. The Kier molecular flexibility index (Phi) is 10.6. The largest absolute Gasteiger partial charge is 0.463 e. The topological polar surface area (TPSA) is 147 Å². The third-order valence-corrected chi connectivity index (χ3v) is 8.07. The van der Waals surface area contributed by atoms with Crippen LogP contribution < -0.4 is 4.90 Å². The van der Waals surface area contributed by atoms with Crippen LogP contribution in [0.1, 0.15) is 32.6 Å². The van der Waals surface area contributed by atoms with E-state index >= 15 is 0 Å². The van der Waals surface area contributed by atoms with E-state index in [0.29, 0.717) is 10.7 Å². The lowest BCUT2D eigenvalue weighted by molar-refractivity contribution is -0.237. The van der Waals surface area contributed by atoms with Gasteiger partial charge in [0.2, 0.25) is 0 Å². The Balaban J connectivity index is 1.78. The van der Waals surface area contributed by atoms with Crippen LogP contribution in [0.2, 0.25) is 5.02 Å². The number of aliphatic imine (C=N–C) groups is 1. The number of hydrogen-bond acceptors (Lipinski definition) is 13. The van der Waals surface area contributed by atoms with Gasteiger partial charge in [0.1, 0.15) is 18.4 Å². The Morgan fingerprint density at radius 1 is 0.953 bits per heavy atom. The normalized spacial score (nSPS) is 24.3. The molecule has 4 rings (SSSR count). The van der Waals surface area contributed by atoms with E-state index in [2.05, 4.69) is 4.99 Å². The summed E-state index contributed by atoms with van der Waals surface area (Å²) in [5, 5.41) is 2.46. The molecule has 1 amide bonds. The molecule has 1 aromatic heterocycles. The van der Waals surface area contributed by atoms with E-state index < -0.39 is 59.6 Å². The van der Waals surface area contributed by atoms with Gasteiger partial charge in [0.15, 0.2) is 28.9 Å². The van der Waals surface area contributed by atoms with Crippen molar-refractivity contribution < 1.29 is 47.7 Å². The zero-order valence-corrected chi connectivity index (χ0v) is 25.8. The molecule has 43 heavy (non-hydrogen) atoms. The molecule has 0 aliphatic carbocycles. The van der Waals surface area contributed by atoms with E-state index in [1.54, 1.807) is 30.3 Å². The molecule has 228 valence electrons. The van der Waals surface area contributed by atoms with Gasteiger partial charge in [0.25, 0.3) is 5.91 Å². The Labute approximate surface area is 259 Å². The summed E-state index contributed by atoms with van der Waals surface area (Å²) < 4.78 is 27.8. The van der Waals surface area contributed by atoms with Crippen molar-refractivity contribution in [2.45, 2.75) is 57.5 Å². The van der Waals surface area contributed by atoms with E-state index in [-0.39, 0.29) is 17.5 Å². The van der Waals surface area contributed by atoms with Crippen LogP contribution >= 0.6 is 34.7 Å². The molecule has 0 saturated carbocycles. The van der Waals surface area contributed by atoms with E-state index in [9.17, 15) is 24.0 Å². The number of nitrogens with zero attached hydrogens (tertiary/aromatic N) is 2. The molecule has 0 unspecified atom stereocenters. The number of hydrogen-bond donors (Lipinski definition) is 0. The summed E-state index contributed by atoms with van der Waals surface area (Å²) in [6.45, 7) is 4.23. The molecule has 0 N–H and O–H groups in total. The zero-order valence-electron chi connectivity index (χ0n) is 23.4. The molecule has 2 aromatic rings. The number of halogens is 1. The number of thiophene rings is 1. The van der Waals surface area contributed by atoms with Crippen LogP contribution in [0.3, 0.4) is 0 Å². The minimum atomic E-state index is -1.36. The highest BCUT2D eigenvalue weighted by Gasteiger charge is 2.53. The number of benzene rings is 1. The van der Waals surface area contributed by atoms with Crippen LogP contribution in [0, 0.1) is 0 Å². The summed E-state index contributed by atoms with van der Waals surface area (Å²) in [6, 6.07) is 10.2. The van der Waals surface area contributed by atoms with Crippen LogP contribution in [0.4, 0.5) is 5.69 Å². The first-order valence-electron chi connectivity index (χ1n) is 12.8. The number of amides is 1. The van der Waals surface area contributed by atoms with E-state index in [1.165, 1.54) is 23.2 Å². The fourth-order valence-electron chi connectivity index (χ4n) is 4.29. The van der Waals surface area contributed by atoms with Gasteiger partial charge >= 0.3 is 23.9 Å². The number of carbonyl (C=O) groups is 5. The van der Waals surface area contributed by atoms with Crippen molar-refractivity contribution in [1.29, 1.82) is 0 Å². The Bertz CT molecular complexity index is 1440. The molecule has 1 saturated heterocycles. The van der Waals surface area contributed by atoms with Crippen LogP contribution in [-0.4, -0.2) is 71.4 Å². The van der Waals surface area contributed by atoms with Gasteiger partial charge in [-0.3, -0.25) is 28.9 Å². The average Bonchev–Trinajstić information content (AvgIpc) is 3.54. The molecule has 1 fully saturated rings. The summed E-state index contributed by atoms with van der Waals surface area (Å²) in [5.41, 5.74) is -0.602. The molecule has 5 atom stereocenters. The molecule has 0 bridgehead atoms. The molecule has 12 nitrogen and oxygen atoms in total. The van der Waals surface area contributed by atoms with Gasteiger partial charge in [-0.1, -0.05) is 29.4 Å². The number of ether oxygens (including phenoxy) is 5. The Morgan fingerprint density at radius 2 is 1.58 bits per heavy atom. The van der Waals surface area contributed by atoms with Gasteiger partial charge in [-0.15, -0.1) is 11.3 Å². The van der Waals surface area contributed by atoms with Gasteiger partial charge < -0.3 is 23.7 Å². The van der Waals surface area contributed by atoms with Gasteiger partial charge in [-0.05, 0) is 41.8 Å². The number of amidine groups is 1. The van der Waals surface area contributed by atoms with Crippen molar-refractivity contribution >= 4 is 81.4 Å². The maximum Gasteiger partial charge on any atom is 0.303 e. The van der Waals surface area contributed by atoms with Crippen LogP contribution in [-0.2, 0) is 47.7 Å². The van der Waals surface area contributed by atoms with Gasteiger partial charge in [-0.25, -0.2) is 4.99 Å². The zero-order chi connectivity index (χ0) is 31.3. The maximum absolute atomic E-state index is 13.6. The molecular weight excluding hydrogens is 624 g/mol. The monoisotopic (exact) mass is 650 g/mol. The third-order valence-electron chi connectivity index (χ3n) is 5.91. The Hall–Kier alpha value is -3.72. The average molecular weight is 651 g/mol. The number of esters is 4. The lowest BCUT2D eigenvalue weighted by Crippen LogP contribution is -2.61. The molecule has 3 heterocycles. The van der Waals surface area contributed by atoms with E-state index in [1.807, 2.05) is 17.5 Å². The number of thioether (sulfide) groups is 1. The molecule has 0 radical (unpaired) electrons. The quantitative estimate of drug-likeness (QED) is 0.232. The number of anilines is 1. The van der Waals surface area contributed by atoms with Crippen molar-refractivity contribution in [2.75, 3.05) is 11.5 Å². The number of carbonyl (C=O) groups excluding carboxylic acids is 5.